The molecule has 0 aliphatic rings. The number of hydrogen-bond donors (Lipinski definition) is 1. The number of ether oxygens (including phenoxy) is 3. The van der Waals surface area contributed by atoms with E-state index in [1.807, 2.05) is 18.2 Å². The first kappa shape index (κ1) is 14.3. The minimum Gasteiger partial charge on any atom is -0.493 e. The lowest BCUT2D eigenvalue weighted by Gasteiger charge is -2.11. The maximum absolute atomic E-state index is 9.30. The van der Waals surface area contributed by atoms with Crippen molar-refractivity contribution in [3.05, 3.63) is 23.8 Å². The zero-order valence-corrected chi connectivity index (χ0v) is 11.6. The molecule has 0 spiro atoms. The summed E-state index contributed by atoms with van der Waals surface area (Å²) in [5.74, 6) is 1.37. The van der Waals surface area contributed by atoms with E-state index in [-0.39, 0.29) is 0 Å². The van der Waals surface area contributed by atoms with Crippen LogP contribution in [0.1, 0.15) is 5.56 Å². The molecular formula is C12H17BrO4. The largest absolute Gasteiger partial charge is 0.493 e. The van der Waals surface area contributed by atoms with Crippen molar-refractivity contribution < 1.29 is 19.3 Å². The molecule has 4 nitrogen and oxygen atoms in total. The van der Waals surface area contributed by atoms with Crippen LogP contribution in [0.3, 0.4) is 0 Å². The summed E-state index contributed by atoms with van der Waals surface area (Å²) in [5.41, 5.74) is 0.976. The van der Waals surface area contributed by atoms with Crippen LogP contribution in [0, 0.1) is 0 Å². The molecule has 5 heteroatoms. The normalized spacial score (nSPS) is 12.2. The first-order valence-corrected chi connectivity index (χ1v) is 6.36. The zero-order valence-electron chi connectivity index (χ0n) is 9.98. The average molecular weight is 305 g/mol. The van der Waals surface area contributed by atoms with Gasteiger partial charge in [0.2, 0.25) is 0 Å². The lowest BCUT2D eigenvalue weighted by molar-refractivity contribution is 0.0402. The Hall–Kier alpha value is -0.780. The maximum Gasteiger partial charge on any atom is 0.161 e. The lowest BCUT2D eigenvalue weighted by atomic mass is 10.2. The van der Waals surface area contributed by atoms with E-state index in [0.29, 0.717) is 30.0 Å². The van der Waals surface area contributed by atoms with E-state index in [2.05, 4.69) is 15.9 Å². The van der Waals surface area contributed by atoms with Crippen LogP contribution in [-0.2, 0) is 11.3 Å². The van der Waals surface area contributed by atoms with Crippen molar-refractivity contribution in [3.63, 3.8) is 0 Å². The Kier molecular flexibility index (Phi) is 6.32. The molecule has 0 radical (unpaired) electrons. The van der Waals surface area contributed by atoms with Crippen LogP contribution < -0.4 is 9.47 Å². The van der Waals surface area contributed by atoms with Crippen molar-refractivity contribution in [3.8, 4) is 11.5 Å². The molecule has 96 valence electrons. The van der Waals surface area contributed by atoms with Gasteiger partial charge in [0.15, 0.2) is 11.5 Å². The van der Waals surface area contributed by atoms with Gasteiger partial charge in [-0.3, -0.25) is 0 Å². The highest BCUT2D eigenvalue weighted by Crippen LogP contribution is 2.27. The molecule has 0 bridgehead atoms. The summed E-state index contributed by atoms with van der Waals surface area (Å²) in [6.45, 7) is 0.740. The molecule has 1 rings (SSSR count). The molecule has 1 unspecified atom stereocenters. The van der Waals surface area contributed by atoms with Crippen molar-refractivity contribution in [2.75, 3.05) is 26.2 Å². The van der Waals surface area contributed by atoms with Crippen LogP contribution in [0.25, 0.3) is 0 Å². The summed E-state index contributed by atoms with van der Waals surface area (Å²) < 4.78 is 15.7. The van der Waals surface area contributed by atoms with E-state index in [1.54, 1.807) is 14.2 Å². The molecule has 0 saturated heterocycles. The van der Waals surface area contributed by atoms with Gasteiger partial charge >= 0.3 is 0 Å². The Balaban J connectivity index is 2.54. The summed E-state index contributed by atoms with van der Waals surface area (Å²) in [7, 11) is 3.19. The monoisotopic (exact) mass is 304 g/mol. The summed E-state index contributed by atoms with van der Waals surface area (Å²) in [6, 6.07) is 5.60. The van der Waals surface area contributed by atoms with Crippen molar-refractivity contribution in [1.29, 1.82) is 0 Å². The number of aliphatic hydroxyl groups is 1. The average Bonchev–Trinajstić information content (AvgIpc) is 2.38. The van der Waals surface area contributed by atoms with E-state index in [9.17, 15) is 5.11 Å². The summed E-state index contributed by atoms with van der Waals surface area (Å²) >= 11 is 3.18. The van der Waals surface area contributed by atoms with Crippen LogP contribution >= 0.6 is 15.9 Å². The Morgan fingerprint density at radius 3 is 2.53 bits per heavy atom. The van der Waals surface area contributed by atoms with Gasteiger partial charge in [-0.2, -0.15) is 0 Å². The molecule has 0 amide bonds. The van der Waals surface area contributed by atoms with E-state index < -0.39 is 6.10 Å². The molecule has 1 aromatic rings. The summed E-state index contributed by atoms with van der Waals surface area (Å²) in [5, 5.41) is 9.82. The lowest BCUT2D eigenvalue weighted by Crippen LogP contribution is -2.16. The topological polar surface area (TPSA) is 47.9 Å². The van der Waals surface area contributed by atoms with Crippen molar-refractivity contribution >= 4 is 15.9 Å². The molecule has 1 atom stereocenters. The Bertz CT molecular complexity index is 343. The number of halogens is 1. The minimum atomic E-state index is -0.477. The van der Waals surface area contributed by atoms with Crippen molar-refractivity contribution in [2.45, 2.75) is 12.7 Å². The third-order valence-electron chi connectivity index (χ3n) is 2.21. The molecule has 1 aromatic carbocycles. The quantitative estimate of drug-likeness (QED) is 0.783. The van der Waals surface area contributed by atoms with E-state index in [4.69, 9.17) is 14.2 Å². The van der Waals surface area contributed by atoms with Gasteiger partial charge in [0, 0.05) is 5.33 Å². The predicted molar refractivity (Wildman–Crippen MR) is 69.0 cm³/mol. The van der Waals surface area contributed by atoms with Crippen LogP contribution in [-0.4, -0.2) is 37.4 Å². The maximum atomic E-state index is 9.30. The molecule has 17 heavy (non-hydrogen) atoms. The van der Waals surface area contributed by atoms with Gasteiger partial charge in [-0.25, -0.2) is 0 Å². The Labute approximate surface area is 110 Å². The van der Waals surface area contributed by atoms with Gasteiger partial charge < -0.3 is 19.3 Å². The fourth-order valence-electron chi connectivity index (χ4n) is 1.33. The molecule has 0 fully saturated rings. The molecule has 0 aliphatic carbocycles. The van der Waals surface area contributed by atoms with E-state index in [1.165, 1.54) is 0 Å². The molecule has 0 saturated carbocycles. The third-order valence-corrected chi connectivity index (χ3v) is 2.95. The number of methoxy groups -OCH3 is 2. The van der Waals surface area contributed by atoms with Crippen LogP contribution in [0.15, 0.2) is 18.2 Å². The molecule has 0 heterocycles. The van der Waals surface area contributed by atoms with Gasteiger partial charge in [-0.1, -0.05) is 22.0 Å². The minimum absolute atomic E-state index is 0.305. The second-order valence-corrected chi connectivity index (χ2v) is 4.16. The SMILES string of the molecule is COc1ccc(COCC(O)CBr)cc1OC. The van der Waals surface area contributed by atoms with Crippen LogP contribution in [0.4, 0.5) is 0 Å². The number of aliphatic hydroxyl groups excluding tert-OH is 1. The van der Waals surface area contributed by atoms with Crippen LogP contribution in [0.2, 0.25) is 0 Å². The molecular weight excluding hydrogens is 288 g/mol. The van der Waals surface area contributed by atoms with Gasteiger partial charge in [-0.05, 0) is 17.7 Å². The highest BCUT2D eigenvalue weighted by molar-refractivity contribution is 9.09. The zero-order chi connectivity index (χ0) is 12.7. The van der Waals surface area contributed by atoms with Gasteiger partial charge in [0.1, 0.15) is 0 Å². The first-order valence-electron chi connectivity index (χ1n) is 5.24. The number of hydrogen-bond acceptors (Lipinski definition) is 4. The predicted octanol–water partition coefficient (Wildman–Crippen LogP) is 1.98. The number of alkyl halides is 1. The van der Waals surface area contributed by atoms with Crippen molar-refractivity contribution in [2.24, 2.45) is 0 Å². The summed E-state index contributed by atoms with van der Waals surface area (Å²) in [4.78, 5) is 0. The van der Waals surface area contributed by atoms with Crippen LogP contribution in [0.5, 0.6) is 11.5 Å². The summed E-state index contributed by atoms with van der Waals surface area (Å²) in [6.07, 6.45) is -0.477. The van der Waals surface area contributed by atoms with Gasteiger partial charge in [0.25, 0.3) is 0 Å². The van der Waals surface area contributed by atoms with E-state index in [0.717, 1.165) is 5.56 Å². The second-order valence-electron chi connectivity index (χ2n) is 3.51. The number of rotatable bonds is 7. The Morgan fingerprint density at radius 1 is 1.24 bits per heavy atom. The molecule has 0 aromatic heterocycles. The fourth-order valence-corrected chi connectivity index (χ4v) is 1.51. The van der Waals surface area contributed by atoms with Gasteiger partial charge in [-0.15, -0.1) is 0 Å². The van der Waals surface area contributed by atoms with Gasteiger partial charge in [0.05, 0.1) is 33.5 Å². The first-order chi connectivity index (χ1) is 8.21. The number of benzene rings is 1. The van der Waals surface area contributed by atoms with E-state index >= 15 is 0 Å². The smallest absolute Gasteiger partial charge is 0.161 e. The third kappa shape index (κ3) is 4.53. The fraction of sp³-hybridized carbons (Fsp3) is 0.500. The molecule has 1 N–H and O–H groups in total. The highest BCUT2D eigenvalue weighted by atomic mass is 79.9. The standard InChI is InChI=1S/C12H17BrO4/c1-15-11-4-3-9(5-12(11)16-2)7-17-8-10(14)6-13/h3-5,10,14H,6-8H2,1-2H3. The second kappa shape index (κ2) is 7.53. The highest BCUT2D eigenvalue weighted by Gasteiger charge is 2.06. The molecule has 0 aliphatic heterocycles. The Morgan fingerprint density at radius 2 is 1.94 bits per heavy atom. The van der Waals surface area contributed by atoms with Crippen molar-refractivity contribution in [1.82, 2.24) is 0 Å².